The van der Waals surface area contributed by atoms with Crippen molar-refractivity contribution in [3.8, 4) is 5.75 Å². The van der Waals surface area contributed by atoms with Gasteiger partial charge in [-0.25, -0.2) is 21.5 Å². The molecule has 26 heavy (non-hydrogen) atoms. The third-order valence-corrected chi connectivity index (χ3v) is 5.27. The molecule has 1 amide bonds. The Hall–Kier alpha value is -2.52. The fourth-order valence-electron chi connectivity index (χ4n) is 1.99. The third kappa shape index (κ3) is 4.77. The van der Waals surface area contributed by atoms with E-state index in [0.29, 0.717) is 0 Å². The summed E-state index contributed by atoms with van der Waals surface area (Å²) >= 11 is 0. The molecule has 0 radical (unpaired) electrons. The van der Waals surface area contributed by atoms with Gasteiger partial charge < -0.3 is 10.1 Å². The van der Waals surface area contributed by atoms with Crippen LogP contribution >= 0.6 is 0 Å². The lowest BCUT2D eigenvalue weighted by atomic mass is 10.2. The summed E-state index contributed by atoms with van der Waals surface area (Å²) < 4.78 is 56.1. The van der Waals surface area contributed by atoms with Gasteiger partial charge in [0.25, 0.3) is 5.91 Å². The number of carbonyl (C=O) groups is 1. The van der Waals surface area contributed by atoms with Crippen LogP contribution in [-0.4, -0.2) is 45.9 Å². The number of rotatable bonds is 7. The van der Waals surface area contributed by atoms with Crippen molar-refractivity contribution >= 4 is 15.9 Å². The van der Waals surface area contributed by atoms with Gasteiger partial charge in [0, 0.05) is 25.7 Å². The molecule has 6 nitrogen and oxygen atoms in total. The predicted molar refractivity (Wildman–Crippen MR) is 91.5 cm³/mol. The smallest absolute Gasteiger partial charge is 0.251 e. The van der Waals surface area contributed by atoms with Crippen molar-refractivity contribution in [3.05, 3.63) is 59.7 Å². The van der Waals surface area contributed by atoms with Gasteiger partial charge in [0.05, 0.1) is 11.4 Å². The molecule has 2 aromatic carbocycles. The van der Waals surface area contributed by atoms with Gasteiger partial charge in [-0.3, -0.25) is 4.79 Å². The molecule has 0 bridgehead atoms. The van der Waals surface area contributed by atoms with Crippen molar-refractivity contribution in [2.75, 3.05) is 27.2 Å². The molecule has 0 fully saturated rings. The lowest BCUT2D eigenvalue weighted by Gasteiger charge is -2.12. The van der Waals surface area contributed by atoms with E-state index in [2.05, 4.69) is 5.32 Å². The Morgan fingerprint density at radius 1 is 1.08 bits per heavy atom. The maximum Gasteiger partial charge on any atom is 0.251 e. The minimum absolute atomic E-state index is 0.0594. The number of carbonyl (C=O) groups excluding carboxylic acids is 1. The summed E-state index contributed by atoms with van der Waals surface area (Å²) in [5.74, 6) is -2.24. The molecule has 0 aliphatic carbocycles. The third-order valence-electron chi connectivity index (χ3n) is 3.44. The highest BCUT2D eigenvalue weighted by atomic mass is 32.2. The maximum absolute atomic E-state index is 13.0. The average molecular weight is 384 g/mol. The molecule has 1 N–H and O–H groups in total. The van der Waals surface area contributed by atoms with Crippen LogP contribution in [0, 0.1) is 11.6 Å². The molecule has 0 unspecified atom stereocenters. The van der Waals surface area contributed by atoms with E-state index in [4.69, 9.17) is 4.74 Å². The molecule has 0 atom stereocenters. The van der Waals surface area contributed by atoms with Crippen LogP contribution in [0.3, 0.4) is 0 Å². The first-order valence-electron chi connectivity index (χ1n) is 7.60. The molecule has 0 aliphatic heterocycles. The monoisotopic (exact) mass is 384 g/mol. The van der Waals surface area contributed by atoms with Gasteiger partial charge >= 0.3 is 0 Å². The molecular formula is C17H18F2N2O4S. The molecule has 0 saturated heterocycles. The van der Waals surface area contributed by atoms with E-state index in [1.807, 2.05) is 0 Å². The first kappa shape index (κ1) is 19.8. The van der Waals surface area contributed by atoms with Crippen LogP contribution in [0.15, 0.2) is 47.4 Å². The quantitative estimate of drug-likeness (QED) is 0.741. The van der Waals surface area contributed by atoms with Crippen LogP contribution in [0.1, 0.15) is 10.4 Å². The summed E-state index contributed by atoms with van der Waals surface area (Å²) in [5, 5.41) is 2.58. The van der Waals surface area contributed by atoms with E-state index in [-0.39, 0.29) is 29.4 Å². The molecule has 9 heteroatoms. The van der Waals surface area contributed by atoms with Crippen molar-refractivity contribution in [2.45, 2.75) is 4.90 Å². The lowest BCUT2D eigenvalue weighted by Crippen LogP contribution is -2.28. The van der Waals surface area contributed by atoms with Crippen molar-refractivity contribution < 1.29 is 26.7 Å². The fourth-order valence-corrected chi connectivity index (χ4v) is 2.89. The molecule has 140 valence electrons. The highest BCUT2D eigenvalue weighted by Crippen LogP contribution is 2.15. The number of hydrogen-bond acceptors (Lipinski definition) is 4. The summed E-state index contributed by atoms with van der Waals surface area (Å²) in [7, 11) is -0.714. The predicted octanol–water partition coefficient (Wildman–Crippen LogP) is 2.02. The highest BCUT2D eigenvalue weighted by Gasteiger charge is 2.17. The van der Waals surface area contributed by atoms with Gasteiger partial charge in [0.1, 0.15) is 12.4 Å². The van der Waals surface area contributed by atoms with Gasteiger partial charge in [0.2, 0.25) is 10.0 Å². The molecule has 0 saturated carbocycles. The van der Waals surface area contributed by atoms with Crippen LogP contribution in [-0.2, 0) is 10.0 Å². The van der Waals surface area contributed by atoms with Gasteiger partial charge in [-0.1, -0.05) is 0 Å². The van der Waals surface area contributed by atoms with Crippen molar-refractivity contribution in [3.63, 3.8) is 0 Å². The molecule has 0 heterocycles. The number of benzene rings is 2. The van der Waals surface area contributed by atoms with Gasteiger partial charge in [-0.05, 0) is 36.4 Å². The molecule has 0 aliphatic rings. The molecule has 2 aromatic rings. The normalized spacial score (nSPS) is 11.4. The van der Waals surface area contributed by atoms with Gasteiger partial charge in [0.15, 0.2) is 11.6 Å². The first-order chi connectivity index (χ1) is 12.2. The van der Waals surface area contributed by atoms with E-state index < -0.39 is 27.6 Å². The zero-order chi connectivity index (χ0) is 19.3. The summed E-state index contributed by atoms with van der Waals surface area (Å²) in [6.45, 7) is 0.194. The number of hydrogen-bond donors (Lipinski definition) is 1. The van der Waals surface area contributed by atoms with E-state index in [9.17, 15) is 22.0 Å². The van der Waals surface area contributed by atoms with Crippen LogP contribution in [0.2, 0.25) is 0 Å². The van der Waals surface area contributed by atoms with Crippen molar-refractivity contribution in [2.24, 2.45) is 0 Å². The van der Waals surface area contributed by atoms with Crippen molar-refractivity contribution in [1.82, 2.24) is 9.62 Å². The zero-order valence-electron chi connectivity index (χ0n) is 14.2. The second-order valence-electron chi connectivity index (χ2n) is 5.49. The Balaban J connectivity index is 1.87. The number of nitrogens with zero attached hydrogens (tertiary/aromatic N) is 1. The topological polar surface area (TPSA) is 75.7 Å². The second-order valence-corrected chi connectivity index (χ2v) is 7.64. The SMILES string of the molecule is CN(C)S(=O)(=O)c1ccc(C(=O)NCCOc2ccc(F)c(F)c2)cc1. The lowest BCUT2D eigenvalue weighted by molar-refractivity contribution is 0.0947. The number of nitrogens with one attached hydrogen (secondary N) is 1. The van der Waals surface area contributed by atoms with Crippen molar-refractivity contribution in [1.29, 1.82) is 0 Å². The Morgan fingerprint density at radius 2 is 1.73 bits per heavy atom. The van der Waals surface area contributed by atoms with E-state index in [1.54, 1.807) is 0 Å². The van der Waals surface area contributed by atoms with Crippen LogP contribution in [0.4, 0.5) is 8.78 Å². The minimum atomic E-state index is -3.55. The van der Waals surface area contributed by atoms with E-state index in [0.717, 1.165) is 16.4 Å². The van der Waals surface area contributed by atoms with Gasteiger partial charge in [-0.2, -0.15) is 0 Å². The fraction of sp³-hybridized carbons (Fsp3) is 0.235. The number of ether oxygens (including phenoxy) is 1. The number of amides is 1. The van der Waals surface area contributed by atoms with Gasteiger partial charge in [-0.15, -0.1) is 0 Å². The average Bonchev–Trinajstić information content (AvgIpc) is 2.61. The number of halogens is 2. The zero-order valence-corrected chi connectivity index (χ0v) is 15.0. The van der Waals surface area contributed by atoms with E-state index >= 15 is 0 Å². The second kappa shape index (κ2) is 8.24. The summed E-state index contributed by atoms with van der Waals surface area (Å²) in [6.07, 6.45) is 0. The maximum atomic E-state index is 13.0. The van der Waals surface area contributed by atoms with E-state index in [1.165, 1.54) is 44.4 Å². The Morgan fingerprint density at radius 3 is 2.31 bits per heavy atom. The summed E-state index contributed by atoms with van der Waals surface area (Å²) in [5.41, 5.74) is 0.288. The minimum Gasteiger partial charge on any atom is -0.492 e. The number of sulfonamides is 1. The summed E-state index contributed by atoms with van der Waals surface area (Å²) in [6, 6.07) is 8.66. The van der Waals surface area contributed by atoms with Crippen LogP contribution < -0.4 is 10.1 Å². The molecule has 0 aromatic heterocycles. The Bertz CT molecular complexity index is 884. The standard InChI is InChI=1S/C17H18F2N2O4S/c1-21(2)26(23,24)14-6-3-12(4-7-14)17(22)20-9-10-25-13-5-8-15(18)16(19)11-13/h3-8,11H,9-10H2,1-2H3,(H,20,22). The first-order valence-corrected chi connectivity index (χ1v) is 9.04. The Kier molecular flexibility index (Phi) is 6.27. The summed E-state index contributed by atoms with van der Waals surface area (Å²) in [4.78, 5) is 12.1. The largest absolute Gasteiger partial charge is 0.492 e. The molecule has 0 spiro atoms. The Labute approximate surface area is 150 Å². The molecule has 2 rings (SSSR count). The van der Waals surface area contributed by atoms with Crippen LogP contribution in [0.25, 0.3) is 0 Å². The molecular weight excluding hydrogens is 366 g/mol. The highest BCUT2D eigenvalue weighted by molar-refractivity contribution is 7.89. The van der Waals surface area contributed by atoms with Crippen LogP contribution in [0.5, 0.6) is 5.75 Å².